The molecule has 1 aromatic carbocycles. The molecule has 0 unspecified atom stereocenters. The number of carbonyl (C=O) groups excluding carboxylic acids is 1. The molecule has 0 saturated heterocycles. The van der Waals surface area contributed by atoms with Crippen molar-refractivity contribution in [2.75, 3.05) is 0 Å². The number of carboxylic acids is 1. The summed E-state index contributed by atoms with van der Waals surface area (Å²) in [4.78, 5) is 22.9. The molecule has 7 nitrogen and oxygen atoms in total. The number of hydrogen-bond acceptors (Lipinski definition) is 5. The minimum Gasteiger partial charge on any atom is -0.478 e. The second-order valence-electron chi connectivity index (χ2n) is 4.13. The smallest absolute Gasteiger partial charge is 0.340 e. The van der Waals surface area contributed by atoms with E-state index in [4.69, 9.17) is 9.52 Å². The number of carbonyl (C=O) groups is 2. The van der Waals surface area contributed by atoms with Crippen LogP contribution in [-0.2, 0) is 10.0 Å². The SMILES string of the molecule is Cc1occ(C(=O)NS(=O)(=O)c2ccccc2)c1C(=O)O. The molecule has 0 radical (unpaired) electrons. The average Bonchev–Trinajstić information content (AvgIpc) is 2.81. The predicted molar refractivity (Wildman–Crippen MR) is 71.5 cm³/mol. The van der Waals surface area contributed by atoms with E-state index < -0.39 is 21.9 Å². The van der Waals surface area contributed by atoms with E-state index in [1.165, 1.54) is 31.2 Å². The van der Waals surface area contributed by atoms with Gasteiger partial charge in [0.1, 0.15) is 17.6 Å². The second kappa shape index (κ2) is 5.41. The van der Waals surface area contributed by atoms with Gasteiger partial charge in [0.2, 0.25) is 0 Å². The van der Waals surface area contributed by atoms with Gasteiger partial charge in [0.05, 0.1) is 10.5 Å². The van der Waals surface area contributed by atoms with E-state index in [0.29, 0.717) is 0 Å². The minimum absolute atomic E-state index is 0.0183. The summed E-state index contributed by atoms with van der Waals surface area (Å²) in [5, 5.41) is 9.01. The lowest BCUT2D eigenvalue weighted by atomic mass is 10.1. The van der Waals surface area contributed by atoms with E-state index in [2.05, 4.69) is 0 Å². The standard InChI is InChI=1S/C13H11NO6S/c1-8-11(13(16)17)10(7-20-8)12(15)14-21(18,19)9-5-3-2-4-6-9/h2-7H,1H3,(H,14,15)(H,16,17). The fourth-order valence-electron chi connectivity index (χ4n) is 1.72. The van der Waals surface area contributed by atoms with Gasteiger partial charge in [-0.25, -0.2) is 17.9 Å². The highest BCUT2D eigenvalue weighted by atomic mass is 32.2. The van der Waals surface area contributed by atoms with Crippen LogP contribution in [0.4, 0.5) is 0 Å². The summed E-state index contributed by atoms with van der Waals surface area (Å²) in [7, 11) is -4.07. The van der Waals surface area contributed by atoms with Crippen molar-refractivity contribution in [2.45, 2.75) is 11.8 Å². The van der Waals surface area contributed by atoms with Crippen LogP contribution in [0.5, 0.6) is 0 Å². The maximum absolute atomic E-state index is 12.0. The van der Waals surface area contributed by atoms with Gasteiger partial charge in [-0.05, 0) is 19.1 Å². The van der Waals surface area contributed by atoms with Gasteiger partial charge in [0.25, 0.3) is 15.9 Å². The van der Waals surface area contributed by atoms with Crippen LogP contribution in [0.1, 0.15) is 26.5 Å². The average molecular weight is 309 g/mol. The first-order valence-electron chi connectivity index (χ1n) is 5.76. The van der Waals surface area contributed by atoms with Crippen LogP contribution < -0.4 is 4.72 Å². The van der Waals surface area contributed by atoms with E-state index in [0.717, 1.165) is 6.26 Å². The molecule has 21 heavy (non-hydrogen) atoms. The molecule has 0 atom stereocenters. The number of nitrogens with one attached hydrogen (secondary N) is 1. The molecule has 1 aromatic heterocycles. The summed E-state index contributed by atoms with van der Waals surface area (Å²) in [5.41, 5.74) is -0.713. The van der Waals surface area contributed by atoms with Crippen LogP contribution in [0.2, 0.25) is 0 Å². The van der Waals surface area contributed by atoms with Crippen molar-refractivity contribution in [3.63, 3.8) is 0 Å². The van der Waals surface area contributed by atoms with Crippen molar-refractivity contribution >= 4 is 21.9 Å². The van der Waals surface area contributed by atoms with E-state index in [1.807, 2.05) is 4.72 Å². The van der Waals surface area contributed by atoms with Gasteiger partial charge in [-0.1, -0.05) is 18.2 Å². The quantitative estimate of drug-likeness (QED) is 0.882. The molecule has 0 aliphatic carbocycles. The van der Waals surface area contributed by atoms with Gasteiger partial charge in [0, 0.05) is 0 Å². The van der Waals surface area contributed by atoms with Crippen LogP contribution in [0.3, 0.4) is 0 Å². The Balaban J connectivity index is 2.33. The van der Waals surface area contributed by atoms with Crippen LogP contribution >= 0.6 is 0 Å². The molecule has 2 aromatic rings. The van der Waals surface area contributed by atoms with E-state index in [1.54, 1.807) is 6.07 Å². The molecule has 110 valence electrons. The number of benzene rings is 1. The van der Waals surface area contributed by atoms with Crippen molar-refractivity contribution in [1.82, 2.24) is 4.72 Å². The summed E-state index contributed by atoms with van der Waals surface area (Å²) in [5.74, 6) is -2.42. The molecule has 0 aliphatic heterocycles. The summed E-state index contributed by atoms with van der Waals surface area (Å²) in [6.45, 7) is 1.37. The number of sulfonamides is 1. The maximum atomic E-state index is 12.0. The number of hydrogen-bond donors (Lipinski definition) is 2. The molecule has 0 aliphatic rings. The zero-order valence-corrected chi connectivity index (χ0v) is 11.7. The van der Waals surface area contributed by atoms with E-state index in [-0.39, 0.29) is 21.8 Å². The Hall–Kier alpha value is -2.61. The fourth-order valence-corrected chi connectivity index (χ4v) is 2.71. The molecule has 1 heterocycles. The molecule has 0 fully saturated rings. The Kier molecular flexibility index (Phi) is 3.81. The lowest BCUT2D eigenvalue weighted by Gasteiger charge is -2.06. The van der Waals surface area contributed by atoms with Gasteiger partial charge in [-0.3, -0.25) is 4.79 Å². The van der Waals surface area contributed by atoms with Crippen molar-refractivity contribution in [1.29, 1.82) is 0 Å². The first kappa shape index (κ1) is 14.8. The summed E-state index contributed by atoms with van der Waals surface area (Å²) in [6, 6.07) is 7.26. The Bertz CT molecular complexity index is 791. The number of rotatable bonds is 4. The fraction of sp³-hybridized carbons (Fsp3) is 0.0769. The topological polar surface area (TPSA) is 114 Å². The Morgan fingerprint density at radius 2 is 1.81 bits per heavy atom. The zero-order chi connectivity index (χ0) is 15.6. The molecule has 0 saturated carbocycles. The third-order valence-corrected chi connectivity index (χ3v) is 4.06. The summed E-state index contributed by atoms with van der Waals surface area (Å²) < 4.78 is 30.7. The van der Waals surface area contributed by atoms with Crippen molar-refractivity contribution in [2.24, 2.45) is 0 Å². The first-order valence-corrected chi connectivity index (χ1v) is 7.25. The van der Waals surface area contributed by atoms with Gasteiger partial charge in [-0.15, -0.1) is 0 Å². The van der Waals surface area contributed by atoms with E-state index >= 15 is 0 Å². The lowest BCUT2D eigenvalue weighted by Crippen LogP contribution is -2.31. The van der Waals surface area contributed by atoms with E-state index in [9.17, 15) is 18.0 Å². The maximum Gasteiger partial charge on any atom is 0.340 e. The van der Waals surface area contributed by atoms with Gasteiger partial charge in [0.15, 0.2) is 0 Å². The predicted octanol–water partition coefficient (Wildman–Crippen LogP) is 1.40. The van der Waals surface area contributed by atoms with Gasteiger partial charge < -0.3 is 9.52 Å². The molecule has 2 rings (SSSR count). The Morgan fingerprint density at radius 3 is 2.38 bits per heavy atom. The summed E-state index contributed by atoms with van der Waals surface area (Å²) in [6.07, 6.45) is 0.911. The monoisotopic (exact) mass is 309 g/mol. The largest absolute Gasteiger partial charge is 0.478 e. The first-order chi connectivity index (χ1) is 9.83. The number of carboxylic acid groups (broad SMARTS) is 1. The molecule has 0 bridgehead atoms. The van der Waals surface area contributed by atoms with Crippen molar-refractivity contribution < 1.29 is 27.5 Å². The number of aryl methyl sites for hydroxylation is 1. The van der Waals surface area contributed by atoms with Gasteiger partial charge in [-0.2, -0.15) is 0 Å². The molecular formula is C13H11NO6S. The van der Waals surface area contributed by atoms with Crippen molar-refractivity contribution in [3.05, 3.63) is 53.5 Å². The lowest BCUT2D eigenvalue weighted by molar-refractivity contribution is 0.0690. The van der Waals surface area contributed by atoms with Crippen LogP contribution in [0.25, 0.3) is 0 Å². The number of aromatic carboxylic acids is 1. The number of amides is 1. The van der Waals surface area contributed by atoms with Crippen LogP contribution in [0.15, 0.2) is 45.9 Å². The third-order valence-electron chi connectivity index (χ3n) is 2.71. The third kappa shape index (κ3) is 2.95. The Labute approximate surface area is 120 Å². The molecule has 8 heteroatoms. The molecule has 2 N–H and O–H groups in total. The Morgan fingerprint density at radius 1 is 1.19 bits per heavy atom. The van der Waals surface area contributed by atoms with Crippen molar-refractivity contribution in [3.8, 4) is 0 Å². The minimum atomic E-state index is -4.07. The van der Waals surface area contributed by atoms with Crippen LogP contribution in [-0.4, -0.2) is 25.4 Å². The molecule has 1 amide bonds. The summed E-state index contributed by atoms with van der Waals surface area (Å²) >= 11 is 0. The zero-order valence-electron chi connectivity index (χ0n) is 10.9. The highest BCUT2D eigenvalue weighted by Gasteiger charge is 2.26. The van der Waals surface area contributed by atoms with Crippen LogP contribution in [0, 0.1) is 6.92 Å². The molecule has 0 spiro atoms. The highest BCUT2D eigenvalue weighted by Crippen LogP contribution is 2.17. The normalized spacial score (nSPS) is 11.1. The molecular weight excluding hydrogens is 298 g/mol. The van der Waals surface area contributed by atoms with Gasteiger partial charge >= 0.3 is 5.97 Å². The second-order valence-corrected chi connectivity index (χ2v) is 5.82. The number of furan rings is 1. The highest BCUT2D eigenvalue weighted by molar-refractivity contribution is 7.90.